The second kappa shape index (κ2) is 9.13. The van der Waals surface area contributed by atoms with Crippen molar-refractivity contribution in [3.8, 4) is 0 Å². The number of hydrogen-bond donors (Lipinski definition) is 3. The van der Waals surface area contributed by atoms with Crippen LogP contribution in [0.25, 0.3) is 0 Å². The van der Waals surface area contributed by atoms with Crippen LogP contribution in [0.3, 0.4) is 0 Å². The van der Waals surface area contributed by atoms with Gasteiger partial charge in [0.2, 0.25) is 0 Å². The molecule has 2 rings (SSSR count). The Labute approximate surface area is 125 Å². The molecule has 0 amide bonds. The lowest BCUT2D eigenvalue weighted by atomic mass is 10.0. The summed E-state index contributed by atoms with van der Waals surface area (Å²) in [5, 5.41) is 18.5. The van der Waals surface area contributed by atoms with Crippen LogP contribution in [0.5, 0.6) is 0 Å². The number of rotatable bonds is 4. The van der Waals surface area contributed by atoms with Crippen LogP contribution in [-0.2, 0) is 9.59 Å². The molecule has 5 nitrogen and oxygen atoms in total. The SMILES string of the molecule is CC(CNC1CCCC1)c1ccccc1.O=C(O)C(=O)O. The van der Waals surface area contributed by atoms with Crippen molar-refractivity contribution in [2.45, 2.75) is 44.6 Å². The molecule has 1 aromatic carbocycles. The number of carboxylic acid groups (broad SMARTS) is 2. The van der Waals surface area contributed by atoms with Gasteiger partial charge >= 0.3 is 11.9 Å². The molecule has 1 fully saturated rings. The second-order valence-corrected chi connectivity index (χ2v) is 5.31. The van der Waals surface area contributed by atoms with Crippen LogP contribution in [0.15, 0.2) is 30.3 Å². The standard InChI is InChI=1S/C14H21N.C2H2O4/c1-12(13-7-3-2-4-8-13)11-15-14-9-5-6-10-14;3-1(4)2(5)6/h2-4,7-8,12,14-15H,5-6,9-11H2,1H3;(H,3,4)(H,5,6). The fourth-order valence-corrected chi connectivity index (χ4v) is 2.37. The Kier molecular flexibility index (Phi) is 7.46. The zero-order valence-corrected chi connectivity index (χ0v) is 12.3. The number of benzene rings is 1. The summed E-state index contributed by atoms with van der Waals surface area (Å²) in [6.45, 7) is 3.42. The summed E-state index contributed by atoms with van der Waals surface area (Å²) in [6, 6.07) is 11.6. The normalized spacial score (nSPS) is 15.9. The van der Waals surface area contributed by atoms with E-state index < -0.39 is 11.9 Å². The van der Waals surface area contributed by atoms with E-state index in [-0.39, 0.29) is 0 Å². The van der Waals surface area contributed by atoms with Crippen LogP contribution >= 0.6 is 0 Å². The molecule has 1 aliphatic carbocycles. The van der Waals surface area contributed by atoms with E-state index >= 15 is 0 Å². The number of hydrogen-bond acceptors (Lipinski definition) is 3. The Balaban J connectivity index is 0.000000315. The number of nitrogens with one attached hydrogen (secondary N) is 1. The highest BCUT2D eigenvalue weighted by Crippen LogP contribution is 2.19. The van der Waals surface area contributed by atoms with Crippen molar-refractivity contribution in [1.82, 2.24) is 5.32 Å². The van der Waals surface area contributed by atoms with E-state index in [0.717, 1.165) is 12.6 Å². The highest BCUT2D eigenvalue weighted by atomic mass is 16.4. The predicted molar refractivity (Wildman–Crippen MR) is 80.4 cm³/mol. The van der Waals surface area contributed by atoms with Crippen LogP contribution in [0, 0.1) is 0 Å². The molecular weight excluding hydrogens is 270 g/mol. The molecule has 21 heavy (non-hydrogen) atoms. The van der Waals surface area contributed by atoms with Crippen LogP contribution in [-0.4, -0.2) is 34.7 Å². The average molecular weight is 293 g/mol. The Morgan fingerprint density at radius 2 is 1.67 bits per heavy atom. The van der Waals surface area contributed by atoms with Gasteiger partial charge in [-0.3, -0.25) is 0 Å². The molecule has 1 aliphatic rings. The molecular formula is C16H23NO4. The van der Waals surface area contributed by atoms with E-state index in [9.17, 15) is 0 Å². The smallest absolute Gasteiger partial charge is 0.414 e. The maximum absolute atomic E-state index is 9.10. The van der Waals surface area contributed by atoms with Crippen molar-refractivity contribution >= 4 is 11.9 Å². The fourth-order valence-electron chi connectivity index (χ4n) is 2.37. The molecule has 0 aromatic heterocycles. The Morgan fingerprint density at radius 1 is 1.14 bits per heavy atom. The summed E-state index contributed by atoms with van der Waals surface area (Å²) in [7, 11) is 0. The summed E-state index contributed by atoms with van der Waals surface area (Å²) in [5.74, 6) is -3.02. The molecule has 3 N–H and O–H groups in total. The first-order chi connectivity index (χ1) is 10.0. The third-order valence-electron chi connectivity index (χ3n) is 3.62. The molecule has 1 unspecified atom stereocenters. The quantitative estimate of drug-likeness (QED) is 0.742. The molecule has 0 saturated heterocycles. The molecule has 0 spiro atoms. The van der Waals surface area contributed by atoms with Crippen molar-refractivity contribution in [2.24, 2.45) is 0 Å². The number of aliphatic carboxylic acids is 2. The van der Waals surface area contributed by atoms with Gasteiger partial charge in [-0.25, -0.2) is 9.59 Å². The zero-order valence-electron chi connectivity index (χ0n) is 12.3. The van der Waals surface area contributed by atoms with Gasteiger partial charge in [-0.1, -0.05) is 50.1 Å². The lowest BCUT2D eigenvalue weighted by molar-refractivity contribution is -0.159. The molecule has 1 saturated carbocycles. The van der Waals surface area contributed by atoms with Gasteiger partial charge in [-0.2, -0.15) is 0 Å². The minimum Gasteiger partial charge on any atom is -0.473 e. The summed E-state index contributed by atoms with van der Waals surface area (Å²) >= 11 is 0. The van der Waals surface area contributed by atoms with Crippen molar-refractivity contribution in [3.05, 3.63) is 35.9 Å². The number of carbonyl (C=O) groups is 2. The van der Waals surface area contributed by atoms with E-state index in [1.807, 2.05) is 0 Å². The first-order valence-electron chi connectivity index (χ1n) is 7.25. The van der Waals surface area contributed by atoms with Crippen molar-refractivity contribution in [3.63, 3.8) is 0 Å². The van der Waals surface area contributed by atoms with Crippen LogP contribution in [0.2, 0.25) is 0 Å². The van der Waals surface area contributed by atoms with Gasteiger partial charge in [0.05, 0.1) is 0 Å². The zero-order chi connectivity index (χ0) is 15.7. The van der Waals surface area contributed by atoms with E-state index in [2.05, 4.69) is 42.6 Å². The van der Waals surface area contributed by atoms with Gasteiger partial charge in [0.15, 0.2) is 0 Å². The third-order valence-corrected chi connectivity index (χ3v) is 3.62. The molecule has 1 aromatic rings. The lowest BCUT2D eigenvalue weighted by Gasteiger charge is -2.17. The predicted octanol–water partition coefficient (Wildman–Crippen LogP) is 2.48. The topological polar surface area (TPSA) is 86.6 Å². The summed E-state index contributed by atoms with van der Waals surface area (Å²) < 4.78 is 0. The van der Waals surface area contributed by atoms with Gasteiger partial charge in [0.25, 0.3) is 0 Å². The van der Waals surface area contributed by atoms with Gasteiger partial charge in [0.1, 0.15) is 0 Å². The van der Waals surface area contributed by atoms with E-state index in [4.69, 9.17) is 19.8 Å². The van der Waals surface area contributed by atoms with E-state index in [0.29, 0.717) is 5.92 Å². The Bertz CT molecular complexity index is 429. The van der Waals surface area contributed by atoms with Crippen LogP contribution < -0.4 is 5.32 Å². The lowest BCUT2D eigenvalue weighted by Crippen LogP contribution is -2.29. The third kappa shape index (κ3) is 6.90. The van der Waals surface area contributed by atoms with E-state index in [1.54, 1.807) is 0 Å². The minimum absolute atomic E-state index is 0.631. The van der Waals surface area contributed by atoms with Gasteiger partial charge < -0.3 is 15.5 Å². The van der Waals surface area contributed by atoms with Crippen LogP contribution in [0.1, 0.15) is 44.1 Å². The van der Waals surface area contributed by atoms with E-state index in [1.165, 1.54) is 31.2 Å². The minimum atomic E-state index is -1.82. The largest absolute Gasteiger partial charge is 0.473 e. The molecule has 0 aliphatic heterocycles. The maximum Gasteiger partial charge on any atom is 0.414 e. The highest BCUT2D eigenvalue weighted by Gasteiger charge is 2.15. The summed E-state index contributed by atoms with van der Waals surface area (Å²) in [4.78, 5) is 18.2. The first-order valence-corrected chi connectivity index (χ1v) is 7.25. The molecule has 116 valence electrons. The van der Waals surface area contributed by atoms with Crippen molar-refractivity contribution in [2.75, 3.05) is 6.54 Å². The Hall–Kier alpha value is -1.88. The summed E-state index contributed by atoms with van der Waals surface area (Å²) in [5.41, 5.74) is 1.45. The second-order valence-electron chi connectivity index (χ2n) is 5.31. The molecule has 0 radical (unpaired) electrons. The maximum atomic E-state index is 9.10. The van der Waals surface area contributed by atoms with Gasteiger partial charge in [-0.05, 0) is 24.3 Å². The van der Waals surface area contributed by atoms with Crippen LogP contribution in [0.4, 0.5) is 0 Å². The highest BCUT2D eigenvalue weighted by molar-refractivity contribution is 6.27. The van der Waals surface area contributed by atoms with Gasteiger partial charge in [0, 0.05) is 12.6 Å². The van der Waals surface area contributed by atoms with Crippen molar-refractivity contribution < 1.29 is 19.8 Å². The molecule has 5 heteroatoms. The monoisotopic (exact) mass is 293 g/mol. The molecule has 1 atom stereocenters. The molecule has 0 bridgehead atoms. The fraction of sp³-hybridized carbons (Fsp3) is 0.500. The van der Waals surface area contributed by atoms with Gasteiger partial charge in [-0.15, -0.1) is 0 Å². The molecule has 0 heterocycles. The Morgan fingerprint density at radius 3 is 2.14 bits per heavy atom. The average Bonchev–Trinajstić information content (AvgIpc) is 2.99. The van der Waals surface area contributed by atoms with Crippen molar-refractivity contribution in [1.29, 1.82) is 0 Å². The summed E-state index contributed by atoms with van der Waals surface area (Å²) in [6.07, 6.45) is 5.58. The number of carboxylic acids is 2. The first kappa shape index (κ1) is 17.2.